The third kappa shape index (κ3) is 8.17. The van der Waals surface area contributed by atoms with Gasteiger partial charge in [-0.3, -0.25) is 19.3 Å². The predicted octanol–water partition coefficient (Wildman–Crippen LogP) is 4.93. The molecule has 0 saturated carbocycles. The Kier molecular flexibility index (Phi) is 10.3. The molecule has 4 aromatic carbocycles. The van der Waals surface area contributed by atoms with Gasteiger partial charge in [-0.15, -0.1) is 0 Å². The van der Waals surface area contributed by atoms with Gasteiger partial charge in [0.1, 0.15) is 0 Å². The van der Waals surface area contributed by atoms with Gasteiger partial charge < -0.3 is 14.7 Å². The minimum atomic E-state index is -0.109. The molecule has 0 atom stereocenters. The van der Waals surface area contributed by atoms with Gasteiger partial charge in [-0.1, -0.05) is 84.9 Å². The molecule has 1 aliphatic rings. The van der Waals surface area contributed by atoms with Crippen molar-refractivity contribution in [2.75, 3.05) is 52.4 Å². The van der Waals surface area contributed by atoms with Crippen molar-refractivity contribution in [2.45, 2.75) is 6.54 Å². The highest BCUT2D eigenvalue weighted by Gasteiger charge is 2.25. The maximum Gasteiger partial charge on any atom is 0.253 e. The molecule has 220 valence electrons. The molecule has 43 heavy (non-hydrogen) atoms. The third-order valence-electron chi connectivity index (χ3n) is 7.82. The van der Waals surface area contributed by atoms with Gasteiger partial charge in [0, 0.05) is 75.6 Å². The molecule has 5 rings (SSSR count). The van der Waals surface area contributed by atoms with Crippen molar-refractivity contribution in [3.63, 3.8) is 0 Å². The summed E-state index contributed by atoms with van der Waals surface area (Å²) in [5.41, 5.74) is 3.02. The normalized spacial score (nSPS) is 15.3. The molecule has 7 heteroatoms. The summed E-state index contributed by atoms with van der Waals surface area (Å²) in [5, 5.41) is 0. The van der Waals surface area contributed by atoms with E-state index < -0.39 is 0 Å². The number of benzene rings is 4. The summed E-state index contributed by atoms with van der Waals surface area (Å²) in [4.78, 5) is 48.8. The highest BCUT2D eigenvalue weighted by atomic mass is 16.2. The Morgan fingerprint density at radius 3 is 1.00 bits per heavy atom. The fourth-order valence-corrected chi connectivity index (χ4v) is 5.35. The first-order valence-electron chi connectivity index (χ1n) is 14.9. The van der Waals surface area contributed by atoms with E-state index in [4.69, 9.17) is 0 Å². The van der Waals surface area contributed by atoms with Crippen LogP contribution in [0.15, 0.2) is 121 Å². The number of hydrogen-bond donors (Lipinski definition) is 0. The molecule has 0 N–H and O–H groups in total. The van der Waals surface area contributed by atoms with Crippen LogP contribution in [0.2, 0.25) is 0 Å². The second-order valence-corrected chi connectivity index (χ2v) is 10.7. The maximum absolute atomic E-state index is 13.7. The highest BCUT2D eigenvalue weighted by molar-refractivity contribution is 5.96. The number of carbonyl (C=O) groups is 3. The lowest BCUT2D eigenvalue weighted by molar-refractivity contribution is 0.0569. The van der Waals surface area contributed by atoms with Crippen LogP contribution in [0.4, 0.5) is 0 Å². The van der Waals surface area contributed by atoms with Crippen molar-refractivity contribution in [2.24, 2.45) is 0 Å². The minimum Gasteiger partial charge on any atom is -0.336 e. The average molecular weight is 575 g/mol. The lowest BCUT2D eigenvalue weighted by Crippen LogP contribution is -2.49. The third-order valence-corrected chi connectivity index (χ3v) is 7.82. The van der Waals surface area contributed by atoms with Crippen LogP contribution in [0.1, 0.15) is 36.6 Å². The van der Waals surface area contributed by atoms with Crippen LogP contribution in [0.5, 0.6) is 0 Å². The van der Waals surface area contributed by atoms with Crippen molar-refractivity contribution in [3.05, 3.63) is 144 Å². The van der Waals surface area contributed by atoms with Crippen LogP contribution < -0.4 is 0 Å². The lowest BCUT2D eigenvalue weighted by atomic mass is 10.1. The zero-order chi connectivity index (χ0) is 29.9. The van der Waals surface area contributed by atoms with Gasteiger partial charge in [-0.05, 0) is 42.0 Å². The van der Waals surface area contributed by atoms with Crippen LogP contribution in [0, 0.1) is 0 Å². The van der Waals surface area contributed by atoms with Crippen molar-refractivity contribution < 1.29 is 14.4 Å². The van der Waals surface area contributed by atoms with Crippen molar-refractivity contribution in [1.82, 2.24) is 19.6 Å². The van der Waals surface area contributed by atoms with Gasteiger partial charge in [0.15, 0.2) is 0 Å². The molecule has 1 fully saturated rings. The Balaban J connectivity index is 1.43. The van der Waals surface area contributed by atoms with E-state index in [9.17, 15) is 14.4 Å². The van der Waals surface area contributed by atoms with E-state index >= 15 is 0 Å². The fourth-order valence-electron chi connectivity index (χ4n) is 5.35. The Morgan fingerprint density at radius 2 is 0.674 bits per heavy atom. The fraction of sp³-hybridized carbons (Fsp3) is 0.250. The van der Waals surface area contributed by atoms with E-state index in [0.717, 1.165) is 0 Å². The second-order valence-electron chi connectivity index (χ2n) is 10.7. The quantitative estimate of drug-likeness (QED) is 0.339. The molecular formula is C36H38N4O3. The SMILES string of the molecule is O=C(c1ccccc1)N1CCN(Cc2ccccc2)CCN(C(=O)c2ccccc2)CCN(C(=O)c2ccccc2)CC1. The first-order chi connectivity index (χ1) is 21.1. The molecule has 1 saturated heterocycles. The summed E-state index contributed by atoms with van der Waals surface area (Å²) in [6.07, 6.45) is 0. The summed E-state index contributed by atoms with van der Waals surface area (Å²) < 4.78 is 0. The zero-order valence-electron chi connectivity index (χ0n) is 24.4. The molecule has 1 heterocycles. The Labute approximate surface area is 254 Å². The van der Waals surface area contributed by atoms with Gasteiger partial charge in [0.05, 0.1) is 0 Å². The van der Waals surface area contributed by atoms with Gasteiger partial charge in [0.2, 0.25) is 0 Å². The Morgan fingerprint density at radius 1 is 0.395 bits per heavy atom. The number of carbonyl (C=O) groups excluding carboxylic acids is 3. The summed E-state index contributed by atoms with van der Waals surface area (Å²) in [6.45, 7) is 4.47. The van der Waals surface area contributed by atoms with Crippen molar-refractivity contribution in [1.29, 1.82) is 0 Å². The highest BCUT2D eigenvalue weighted by Crippen LogP contribution is 2.13. The monoisotopic (exact) mass is 574 g/mol. The summed E-state index contributed by atoms with van der Waals surface area (Å²) >= 11 is 0. The topological polar surface area (TPSA) is 64.2 Å². The molecule has 0 radical (unpaired) electrons. The number of nitrogens with zero attached hydrogens (tertiary/aromatic N) is 4. The van der Waals surface area contributed by atoms with Crippen molar-refractivity contribution >= 4 is 17.7 Å². The van der Waals surface area contributed by atoms with Crippen LogP contribution >= 0.6 is 0 Å². The molecular weight excluding hydrogens is 536 g/mol. The van der Waals surface area contributed by atoms with Crippen LogP contribution in [-0.2, 0) is 6.54 Å². The Hall–Kier alpha value is -4.75. The molecule has 0 spiro atoms. The van der Waals surface area contributed by atoms with Crippen molar-refractivity contribution in [3.8, 4) is 0 Å². The van der Waals surface area contributed by atoms with Crippen LogP contribution in [0.3, 0.4) is 0 Å². The molecule has 7 nitrogen and oxygen atoms in total. The molecule has 3 amide bonds. The largest absolute Gasteiger partial charge is 0.336 e. The zero-order valence-corrected chi connectivity index (χ0v) is 24.4. The molecule has 1 aliphatic heterocycles. The molecule has 4 aromatic rings. The summed E-state index contributed by atoms with van der Waals surface area (Å²) in [6, 6.07) is 38.1. The first kappa shape index (κ1) is 29.7. The smallest absolute Gasteiger partial charge is 0.253 e. The number of hydrogen-bond acceptors (Lipinski definition) is 4. The minimum absolute atomic E-state index is 0.0506. The Bertz CT molecular complexity index is 1400. The first-order valence-corrected chi connectivity index (χ1v) is 14.9. The van der Waals surface area contributed by atoms with Crippen LogP contribution in [0.25, 0.3) is 0 Å². The predicted molar refractivity (Wildman–Crippen MR) is 169 cm³/mol. The maximum atomic E-state index is 13.7. The van der Waals surface area contributed by atoms with E-state index in [1.807, 2.05) is 107 Å². The van der Waals surface area contributed by atoms with Gasteiger partial charge >= 0.3 is 0 Å². The molecule has 0 unspecified atom stereocenters. The summed E-state index contributed by atoms with van der Waals surface area (Å²) in [5.74, 6) is -0.210. The standard InChI is InChI=1S/C36H38N4O3/c41-34(31-15-7-2-8-16-31)38-23-21-37(29-30-13-5-1-6-14-30)22-24-39(35(42)32-17-9-3-10-18-32)26-28-40(27-25-38)36(43)33-19-11-4-12-20-33/h1-20H,21-29H2. The average Bonchev–Trinajstić information content (AvgIpc) is 3.07. The van der Waals surface area contributed by atoms with Gasteiger partial charge in [-0.25, -0.2) is 0 Å². The second kappa shape index (κ2) is 14.9. The number of amides is 3. The van der Waals surface area contributed by atoms with E-state index in [1.165, 1.54) is 5.56 Å². The molecule has 0 bridgehead atoms. The van der Waals surface area contributed by atoms with E-state index in [2.05, 4.69) is 17.0 Å². The van der Waals surface area contributed by atoms with E-state index in [1.54, 1.807) is 17.0 Å². The molecule has 0 aliphatic carbocycles. The van der Waals surface area contributed by atoms with E-state index in [-0.39, 0.29) is 17.7 Å². The van der Waals surface area contributed by atoms with E-state index in [0.29, 0.717) is 75.6 Å². The van der Waals surface area contributed by atoms with Crippen LogP contribution in [-0.4, -0.2) is 89.7 Å². The van der Waals surface area contributed by atoms with Gasteiger partial charge in [0.25, 0.3) is 17.7 Å². The lowest BCUT2D eigenvalue weighted by Gasteiger charge is -2.34. The number of rotatable bonds is 5. The van der Waals surface area contributed by atoms with Gasteiger partial charge in [-0.2, -0.15) is 0 Å². The summed E-state index contributed by atoms with van der Waals surface area (Å²) in [7, 11) is 0. The molecule has 0 aromatic heterocycles.